The summed E-state index contributed by atoms with van der Waals surface area (Å²) >= 11 is 5.93. The van der Waals surface area contributed by atoms with Crippen LogP contribution >= 0.6 is 11.6 Å². The number of halogens is 2. The summed E-state index contributed by atoms with van der Waals surface area (Å²) in [5, 5.41) is 3.83. The minimum atomic E-state index is -0.246. The molecule has 0 amide bonds. The summed E-state index contributed by atoms with van der Waals surface area (Å²) in [6.45, 7) is 2.21. The van der Waals surface area contributed by atoms with Crippen molar-refractivity contribution < 1.29 is 4.39 Å². The summed E-state index contributed by atoms with van der Waals surface area (Å²) in [6.07, 6.45) is 2.29. The van der Waals surface area contributed by atoms with Gasteiger partial charge in [0.1, 0.15) is 5.82 Å². The molecule has 14 heavy (non-hydrogen) atoms. The van der Waals surface area contributed by atoms with Gasteiger partial charge in [0, 0.05) is 6.04 Å². The number of anilines is 1. The molecule has 76 valence electrons. The van der Waals surface area contributed by atoms with Crippen LogP contribution in [0, 0.1) is 11.7 Å². The molecule has 0 spiro atoms. The Morgan fingerprint density at radius 1 is 1.43 bits per heavy atom. The zero-order chi connectivity index (χ0) is 10.1. The summed E-state index contributed by atoms with van der Waals surface area (Å²) < 4.78 is 12.9. The second kappa shape index (κ2) is 3.77. The molecule has 1 aliphatic carbocycles. The standard InChI is InChI=1S/C11H13ClFN/c1-7-4-9(5-7)14-11-6-8(13)2-3-10(11)12/h2-3,6-7,9,14H,4-5H2,1H3. The topological polar surface area (TPSA) is 12.0 Å². The van der Waals surface area contributed by atoms with Crippen molar-refractivity contribution in [2.24, 2.45) is 5.92 Å². The van der Waals surface area contributed by atoms with E-state index < -0.39 is 0 Å². The first kappa shape index (κ1) is 9.78. The molecule has 1 aliphatic rings. The summed E-state index contributed by atoms with van der Waals surface area (Å²) in [5.41, 5.74) is 0.712. The molecule has 1 N–H and O–H groups in total. The molecule has 0 bridgehead atoms. The molecule has 0 atom stereocenters. The summed E-state index contributed by atoms with van der Waals surface area (Å²) in [5.74, 6) is 0.532. The maximum absolute atomic E-state index is 12.9. The van der Waals surface area contributed by atoms with Crippen LogP contribution in [0.5, 0.6) is 0 Å². The molecule has 0 heterocycles. The Bertz CT molecular complexity index is 334. The molecule has 2 rings (SSSR count). The van der Waals surface area contributed by atoms with Gasteiger partial charge >= 0.3 is 0 Å². The second-order valence-electron chi connectivity index (χ2n) is 4.04. The lowest BCUT2D eigenvalue weighted by Crippen LogP contribution is -2.33. The molecule has 1 aromatic rings. The highest BCUT2D eigenvalue weighted by atomic mass is 35.5. The van der Waals surface area contributed by atoms with Crippen LogP contribution in [0.4, 0.5) is 10.1 Å². The highest BCUT2D eigenvalue weighted by Gasteiger charge is 2.25. The summed E-state index contributed by atoms with van der Waals surface area (Å²) in [4.78, 5) is 0. The Kier molecular flexibility index (Phi) is 2.64. The van der Waals surface area contributed by atoms with Crippen molar-refractivity contribution in [1.82, 2.24) is 0 Å². The van der Waals surface area contributed by atoms with Crippen LogP contribution in [0.25, 0.3) is 0 Å². The fourth-order valence-corrected chi connectivity index (χ4v) is 2.02. The maximum Gasteiger partial charge on any atom is 0.125 e. The Morgan fingerprint density at radius 3 is 2.79 bits per heavy atom. The molecule has 1 fully saturated rings. The van der Waals surface area contributed by atoms with Crippen LogP contribution in [0.1, 0.15) is 19.8 Å². The molecule has 1 aromatic carbocycles. The number of nitrogens with one attached hydrogen (secondary N) is 1. The van der Waals surface area contributed by atoms with Crippen molar-refractivity contribution in [2.45, 2.75) is 25.8 Å². The van der Waals surface area contributed by atoms with Crippen molar-refractivity contribution in [3.05, 3.63) is 29.0 Å². The Balaban J connectivity index is 2.05. The van der Waals surface area contributed by atoms with E-state index in [2.05, 4.69) is 12.2 Å². The zero-order valence-corrected chi connectivity index (χ0v) is 8.81. The van der Waals surface area contributed by atoms with Crippen molar-refractivity contribution in [1.29, 1.82) is 0 Å². The number of hydrogen-bond donors (Lipinski definition) is 1. The first-order valence-electron chi connectivity index (χ1n) is 4.87. The van der Waals surface area contributed by atoms with E-state index in [-0.39, 0.29) is 5.82 Å². The highest BCUT2D eigenvalue weighted by Crippen LogP contribution is 2.32. The average Bonchev–Trinajstić information content (AvgIpc) is 2.09. The quantitative estimate of drug-likeness (QED) is 0.790. The maximum atomic E-state index is 12.9. The molecule has 0 radical (unpaired) electrons. The van der Waals surface area contributed by atoms with Crippen LogP contribution in [0.15, 0.2) is 18.2 Å². The van der Waals surface area contributed by atoms with Gasteiger partial charge in [-0.05, 0) is 37.0 Å². The van der Waals surface area contributed by atoms with E-state index in [1.165, 1.54) is 12.1 Å². The Hall–Kier alpha value is -0.760. The molecule has 0 saturated heterocycles. The van der Waals surface area contributed by atoms with Crippen LogP contribution in [0.2, 0.25) is 5.02 Å². The lowest BCUT2D eigenvalue weighted by atomic mass is 9.82. The minimum Gasteiger partial charge on any atom is -0.381 e. The first-order valence-corrected chi connectivity index (χ1v) is 5.24. The van der Waals surface area contributed by atoms with E-state index in [4.69, 9.17) is 11.6 Å². The van der Waals surface area contributed by atoms with Crippen molar-refractivity contribution >= 4 is 17.3 Å². The third-order valence-electron chi connectivity index (χ3n) is 2.66. The third kappa shape index (κ3) is 2.01. The fourth-order valence-electron chi connectivity index (χ4n) is 1.85. The van der Waals surface area contributed by atoms with Gasteiger partial charge in [0.2, 0.25) is 0 Å². The average molecular weight is 214 g/mol. The molecule has 0 aliphatic heterocycles. The van der Waals surface area contributed by atoms with Crippen molar-refractivity contribution in [3.63, 3.8) is 0 Å². The smallest absolute Gasteiger partial charge is 0.125 e. The van der Waals surface area contributed by atoms with E-state index in [9.17, 15) is 4.39 Å². The monoisotopic (exact) mass is 213 g/mol. The predicted octanol–water partition coefficient (Wildman–Crippen LogP) is 3.69. The lowest BCUT2D eigenvalue weighted by molar-refractivity contribution is 0.309. The van der Waals surface area contributed by atoms with E-state index >= 15 is 0 Å². The van der Waals surface area contributed by atoms with Gasteiger partial charge in [-0.2, -0.15) is 0 Å². The molecule has 1 nitrogen and oxygen atoms in total. The fraction of sp³-hybridized carbons (Fsp3) is 0.455. The zero-order valence-electron chi connectivity index (χ0n) is 8.06. The van der Waals surface area contributed by atoms with Crippen LogP contribution < -0.4 is 5.32 Å². The highest BCUT2D eigenvalue weighted by molar-refractivity contribution is 6.33. The first-order chi connectivity index (χ1) is 6.65. The van der Waals surface area contributed by atoms with Gasteiger partial charge in [-0.25, -0.2) is 4.39 Å². The van der Waals surface area contributed by atoms with Crippen LogP contribution in [0.3, 0.4) is 0 Å². The lowest BCUT2D eigenvalue weighted by Gasteiger charge is -2.34. The normalized spacial score (nSPS) is 25.6. The Labute approximate surface area is 88.3 Å². The number of benzene rings is 1. The van der Waals surface area contributed by atoms with E-state index in [0.717, 1.165) is 18.8 Å². The van der Waals surface area contributed by atoms with E-state index in [1.54, 1.807) is 6.07 Å². The minimum absolute atomic E-state index is 0.246. The molecular formula is C11H13ClFN. The van der Waals surface area contributed by atoms with E-state index in [0.29, 0.717) is 16.8 Å². The number of rotatable bonds is 2. The molecule has 1 saturated carbocycles. The molecule has 0 aromatic heterocycles. The van der Waals surface area contributed by atoms with Gasteiger partial charge < -0.3 is 5.32 Å². The van der Waals surface area contributed by atoms with Crippen LogP contribution in [-0.4, -0.2) is 6.04 Å². The molecule has 3 heteroatoms. The van der Waals surface area contributed by atoms with Gasteiger partial charge in [-0.15, -0.1) is 0 Å². The van der Waals surface area contributed by atoms with Crippen molar-refractivity contribution in [2.75, 3.05) is 5.32 Å². The third-order valence-corrected chi connectivity index (χ3v) is 2.99. The van der Waals surface area contributed by atoms with Gasteiger partial charge in [-0.3, -0.25) is 0 Å². The molecular weight excluding hydrogens is 201 g/mol. The number of hydrogen-bond acceptors (Lipinski definition) is 1. The SMILES string of the molecule is CC1CC(Nc2cc(F)ccc2Cl)C1. The van der Waals surface area contributed by atoms with Gasteiger partial charge in [0.15, 0.2) is 0 Å². The van der Waals surface area contributed by atoms with Crippen LogP contribution in [-0.2, 0) is 0 Å². The predicted molar refractivity (Wildman–Crippen MR) is 57.2 cm³/mol. The second-order valence-corrected chi connectivity index (χ2v) is 4.45. The van der Waals surface area contributed by atoms with Gasteiger partial charge in [0.05, 0.1) is 10.7 Å². The Morgan fingerprint density at radius 2 is 2.14 bits per heavy atom. The van der Waals surface area contributed by atoms with Gasteiger partial charge in [-0.1, -0.05) is 18.5 Å². The van der Waals surface area contributed by atoms with E-state index in [1.807, 2.05) is 0 Å². The van der Waals surface area contributed by atoms with Crippen molar-refractivity contribution in [3.8, 4) is 0 Å². The largest absolute Gasteiger partial charge is 0.381 e. The van der Waals surface area contributed by atoms with Gasteiger partial charge in [0.25, 0.3) is 0 Å². The molecule has 0 unspecified atom stereocenters. The summed E-state index contributed by atoms with van der Waals surface area (Å²) in [6, 6.07) is 4.87. The summed E-state index contributed by atoms with van der Waals surface area (Å²) in [7, 11) is 0.